The van der Waals surface area contributed by atoms with Crippen molar-refractivity contribution in [3.8, 4) is 0 Å². The van der Waals surface area contributed by atoms with E-state index in [4.69, 9.17) is 0 Å². The molecule has 1 aromatic rings. The molecule has 0 bridgehead atoms. The molecule has 0 radical (unpaired) electrons. The minimum Gasteiger partial charge on any atom is -0.348 e. The van der Waals surface area contributed by atoms with Gasteiger partial charge in [-0.2, -0.15) is 11.8 Å². The molecule has 2 atom stereocenters. The second-order valence-electron chi connectivity index (χ2n) is 8.59. The summed E-state index contributed by atoms with van der Waals surface area (Å²) in [6.07, 6.45) is 6.73. The van der Waals surface area contributed by atoms with Gasteiger partial charge in [0.25, 0.3) is 0 Å². The number of likely N-dealkylation sites (tertiary alicyclic amines) is 1. The smallest absolute Gasteiger partial charge is 0.239 e. The zero-order valence-electron chi connectivity index (χ0n) is 17.5. The molecule has 3 aliphatic rings. The Morgan fingerprint density at radius 3 is 2.66 bits per heavy atom. The van der Waals surface area contributed by atoms with E-state index in [1.54, 1.807) is 0 Å². The molecule has 2 heterocycles. The van der Waals surface area contributed by atoms with Gasteiger partial charge in [0.1, 0.15) is 0 Å². The van der Waals surface area contributed by atoms with Crippen LogP contribution in [0.4, 0.5) is 0 Å². The largest absolute Gasteiger partial charge is 0.348 e. The van der Waals surface area contributed by atoms with Gasteiger partial charge in [0.15, 0.2) is 0 Å². The Morgan fingerprint density at radius 2 is 1.86 bits per heavy atom. The van der Waals surface area contributed by atoms with E-state index in [9.17, 15) is 9.59 Å². The first-order valence-electron chi connectivity index (χ1n) is 11.1. The van der Waals surface area contributed by atoms with Crippen molar-refractivity contribution in [2.75, 3.05) is 37.7 Å². The molecule has 5 nitrogen and oxygen atoms in total. The van der Waals surface area contributed by atoms with Crippen LogP contribution in [0.2, 0.25) is 0 Å². The lowest BCUT2D eigenvalue weighted by atomic mass is 9.89. The first kappa shape index (κ1) is 20.7. The number of nitrogens with one attached hydrogen (secondary N) is 1. The van der Waals surface area contributed by atoms with E-state index in [1.807, 2.05) is 16.7 Å². The second kappa shape index (κ2) is 9.52. The van der Waals surface area contributed by atoms with Gasteiger partial charge in [-0.25, -0.2) is 0 Å². The number of benzene rings is 1. The fourth-order valence-electron chi connectivity index (χ4n) is 4.87. The average Bonchev–Trinajstić information content (AvgIpc) is 3.21. The molecule has 4 rings (SSSR count). The lowest BCUT2D eigenvalue weighted by Crippen LogP contribution is -2.50. The van der Waals surface area contributed by atoms with Gasteiger partial charge < -0.3 is 10.2 Å². The van der Waals surface area contributed by atoms with Crippen molar-refractivity contribution in [2.45, 2.75) is 57.5 Å². The third-order valence-electron chi connectivity index (χ3n) is 6.57. The maximum atomic E-state index is 12.9. The molecule has 1 aromatic carbocycles. The van der Waals surface area contributed by atoms with E-state index < -0.39 is 0 Å². The fraction of sp³-hybridized carbons (Fsp3) is 0.652. The third kappa shape index (κ3) is 4.97. The van der Waals surface area contributed by atoms with Gasteiger partial charge in [0.2, 0.25) is 11.8 Å². The highest BCUT2D eigenvalue weighted by Crippen LogP contribution is 2.25. The van der Waals surface area contributed by atoms with Crippen LogP contribution in [0.3, 0.4) is 0 Å². The van der Waals surface area contributed by atoms with E-state index in [0.717, 1.165) is 50.4 Å². The summed E-state index contributed by atoms with van der Waals surface area (Å²) in [6, 6.07) is 6.54. The van der Waals surface area contributed by atoms with Crippen molar-refractivity contribution in [3.63, 3.8) is 0 Å². The summed E-state index contributed by atoms with van der Waals surface area (Å²) in [4.78, 5) is 29.7. The number of hydrogen-bond acceptors (Lipinski definition) is 4. The van der Waals surface area contributed by atoms with E-state index >= 15 is 0 Å². The molecule has 0 spiro atoms. The summed E-state index contributed by atoms with van der Waals surface area (Å²) in [5, 5.41) is 3.16. The van der Waals surface area contributed by atoms with E-state index in [-0.39, 0.29) is 23.9 Å². The topological polar surface area (TPSA) is 52.7 Å². The average molecular weight is 416 g/mol. The predicted octanol–water partition coefficient (Wildman–Crippen LogP) is 2.78. The Labute approximate surface area is 178 Å². The van der Waals surface area contributed by atoms with Crippen LogP contribution in [-0.4, -0.2) is 65.3 Å². The third-order valence-corrected chi connectivity index (χ3v) is 7.51. The van der Waals surface area contributed by atoms with Crippen molar-refractivity contribution in [1.29, 1.82) is 0 Å². The van der Waals surface area contributed by atoms with Crippen molar-refractivity contribution in [2.24, 2.45) is 0 Å². The fourth-order valence-corrected chi connectivity index (χ4v) is 5.77. The molecule has 6 heteroatoms. The van der Waals surface area contributed by atoms with Crippen LogP contribution in [0, 0.1) is 0 Å². The number of aryl methyl sites for hydroxylation is 2. The van der Waals surface area contributed by atoms with Crippen LogP contribution >= 0.6 is 11.8 Å². The number of hydrogen-bond donors (Lipinski definition) is 1. The maximum absolute atomic E-state index is 12.9. The highest BCUT2D eigenvalue weighted by molar-refractivity contribution is 7.99. The molecule has 0 saturated carbocycles. The molecule has 2 amide bonds. The zero-order chi connectivity index (χ0) is 20.2. The quantitative estimate of drug-likeness (QED) is 0.804. The van der Waals surface area contributed by atoms with Gasteiger partial charge in [-0.05, 0) is 68.7 Å². The van der Waals surface area contributed by atoms with Crippen molar-refractivity contribution < 1.29 is 9.59 Å². The Morgan fingerprint density at radius 1 is 1.10 bits per heavy atom. The molecule has 0 aromatic heterocycles. The Bertz CT molecular complexity index is 748. The molecule has 1 N–H and O–H groups in total. The first-order chi connectivity index (χ1) is 14.1. The van der Waals surface area contributed by atoms with Crippen molar-refractivity contribution in [3.05, 3.63) is 34.9 Å². The van der Waals surface area contributed by atoms with Crippen LogP contribution in [-0.2, 0) is 22.4 Å². The number of amides is 2. The molecule has 2 fully saturated rings. The normalized spacial score (nSPS) is 23.5. The molecular formula is C23H33N3O2S. The molecular weight excluding hydrogens is 382 g/mol. The molecule has 2 aliphatic heterocycles. The zero-order valence-corrected chi connectivity index (χ0v) is 18.3. The number of thioether (sulfide) groups is 1. The van der Waals surface area contributed by atoms with Gasteiger partial charge in [0, 0.05) is 24.6 Å². The van der Waals surface area contributed by atoms with Gasteiger partial charge in [-0.1, -0.05) is 18.2 Å². The van der Waals surface area contributed by atoms with Crippen LogP contribution < -0.4 is 5.32 Å². The van der Waals surface area contributed by atoms with Crippen LogP contribution in [0.1, 0.15) is 55.3 Å². The second-order valence-corrected chi connectivity index (χ2v) is 9.82. The van der Waals surface area contributed by atoms with Crippen molar-refractivity contribution >= 4 is 23.6 Å². The Kier molecular flexibility index (Phi) is 6.81. The maximum Gasteiger partial charge on any atom is 0.239 e. The number of fused-ring (bicyclic) bond motifs is 1. The number of nitrogens with zero attached hydrogens (tertiary/aromatic N) is 2. The van der Waals surface area contributed by atoms with Crippen molar-refractivity contribution in [1.82, 2.24) is 15.1 Å². The summed E-state index contributed by atoms with van der Waals surface area (Å²) in [5.41, 5.74) is 4.09. The van der Waals surface area contributed by atoms with Gasteiger partial charge in [-0.3, -0.25) is 14.5 Å². The highest BCUT2D eigenvalue weighted by Gasteiger charge is 2.35. The minimum absolute atomic E-state index is 0.00870. The minimum atomic E-state index is -0.122. The van der Waals surface area contributed by atoms with E-state index in [2.05, 4.69) is 35.3 Å². The monoisotopic (exact) mass is 415 g/mol. The summed E-state index contributed by atoms with van der Waals surface area (Å²) in [7, 11) is 0. The highest BCUT2D eigenvalue weighted by atomic mass is 32.2. The van der Waals surface area contributed by atoms with Gasteiger partial charge >= 0.3 is 0 Å². The molecule has 2 saturated heterocycles. The van der Waals surface area contributed by atoms with Crippen LogP contribution in [0.25, 0.3) is 0 Å². The summed E-state index contributed by atoms with van der Waals surface area (Å²) >= 11 is 1.91. The standard InChI is InChI=1S/C23H33N3O2S/c1-17(19-9-8-18-5-2-3-6-20(18)15-19)24-22(27)16-26-10-4-7-21(26)23(28)25-11-13-29-14-12-25/h8-9,15,17,21H,2-7,10-14,16H2,1H3,(H,24,27). The Hall–Kier alpha value is -1.53. The number of carbonyl (C=O) groups excluding carboxylic acids is 2. The van der Waals surface area contributed by atoms with Crippen LogP contribution in [0.15, 0.2) is 18.2 Å². The number of rotatable bonds is 5. The molecule has 1 aliphatic carbocycles. The lowest BCUT2D eigenvalue weighted by Gasteiger charge is -2.32. The van der Waals surface area contributed by atoms with Crippen LogP contribution in [0.5, 0.6) is 0 Å². The summed E-state index contributed by atoms with van der Waals surface area (Å²) in [5.74, 6) is 2.29. The molecule has 2 unspecified atom stereocenters. The summed E-state index contributed by atoms with van der Waals surface area (Å²) in [6.45, 7) is 4.89. The number of carbonyl (C=O) groups is 2. The van der Waals surface area contributed by atoms with E-state index in [1.165, 1.54) is 36.0 Å². The molecule has 158 valence electrons. The van der Waals surface area contributed by atoms with Gasteiger partial charge in [-0.15, -0.1) is 0 Å². The summed E-state index contributed by atoms with van der Waals surface area (Å²) < 4.78 is 0. The van der Waals surface area contributed by atoms with Gasteiger partial charge in [0.05, 0.1) is 18.6 Å². The first-order valence-corrected chi connectivity index (χ1v) is 12.3. The SMILES string of the molecule is CC(NC(=O)CN1CCCC1C(=O)N1CCSCC1)c1ccc2c(c1)CCCC2. The van der Waals surface area contributed by atoms with E-state index in [0.29, 0.717) is 6.54 Å². The predicted molar refractivity (Wildman–Crippen MR) is 118 cm³/mol. The Balaban J connectivity index is 1.33. The lowest BCUT2D eigenvalue weighted by molar-refractivity contribution is -0.136. The molecule has 29 heavy (non-hydrogen) atoms.